The minimum absolute atomic E-state index is 0.187. The SMILES string of the molecule is C=CCc1cc(/C=C2\SC(=Nc3ccc(C(=O)OC)cc3)N(C)C2=O)cc(OC)c1OCc1ccccc1C#N. The lowest BCUT2D eigenvalue weighted by molar-refractivity contribution is -0.121. The van der Waals surface area contributed by atoms with Crippen molar-refractivity contribution >= 4 is 40.6 Å². The van der Waals surface area contributed by atoms with Crippen molar-refractivity contribution in [2.24, 2.45) is 4.99 Å². The van der Waals surface area contributed by atoms with Crippen LogP contribution in [0.1, 0.15) is 32.6 Å². The Kier molecular flexibility index (Phi) is 9.04. The maximum absolute atomic E-state index is 13.0. The third kappa shape index (κ3) is 6.25. The van der Waals surface area contributed by atoms with Gasteiger partial charge in [0.2, 0.25) is 0 Å². The second-order valence-corrected chi connectivity index (χ2v) is 9.68. The molecule has 0 N–H and O–H groups in total. The number of hydrogen-bond donors (Lipinski definition) is 0. The van der Waals surface area contributed by atoms with Gasteiger partial charge in [0.25, 0.3) is 5.91 Å². The molecule has 0 aliphatic carbocycles. The van der Waals surface area contributed by atoms with Crippen LogP contribution in [-0.2, 0) is 22.6 Å². The van der Waals surface area contributed by atoms with E-state index in [1.165, 1.54) is 23.8 Å². The summed E-state index contributed by atoms with van der Waals surface area (Å²) in [5, 5.41) is 9.91. The lowest BCUT2D eigenvalue weighted by atomic mass is 10.0. The largest absolute Gasteiger partial charge is 0.493 e. The van der Waals surface area contributed by atoms with Crippen LogP contribution in [0.5, 0.6) is 11.5 Å². The third-order valence-corrected chi connectivity index (χ3v) is 7.12. The topological polar surface area (TPSA) is 101 Å². The number of nitriles is 1. The van der Waals surface area contributed by atoms with Crippen molar-refractivity contribution in [3.05, 3.63) is 106 Å². The first kappa shape index (κ1) is 28.2. The van der Waals surface area contributed by atoms with Crippen LogP contribution >= 0.6 is 11.8 Å². The van der Waals surface area contributed by atoms with Gasteiger partial charge < -0.3 is 14.2 Å². The standard InChI is InChI=1S/C31H27N3O5S/c1-5-8-22-15-20(16-26(37-3)28(22)39-19-24-10-7-6-9-23(24)18-32)17-27-29(35)34(2)31(40-27)33-25-13-11-21(12-14-25)30(36)38-4/h5-7,9-17H,1,8,19H2,2-4H3/b27-17-,33-31?. The Bertz CT molecular complexity index is 1550. The molecule has 8 nitrogen and oxygen atoms in total. The van der Waals surface area contributed by atoms with E-state index in [1.807, 2.05) is 24.3 Å². The number of rotatable bonds is 9. The monoisotopic (exact) mass is 553 g/mol. The second kappa shape index (κ2) is 12.8. The minimum Gasteiger partial charge on any atom is -0.493 e. The van der Waals surface area contributed by atoms with Gasteiger partial charge in [-0.1, -0.05) is 24.3 Å². The van der Waals surface area contributed by atoms with Gasteiger partial charge in [-0.05, 0) is 72.3 Å². The molecule has 1 fully saturated rings. The first-order valence-electron chi connectivity index (χ1n) is 12.3. The highest BCUT2D eigenvalue weighted by atomic mass is 32.2. The molecule has 0 bridgehead atoms. The lowest BCUT2D eigenvalue weighted by Crippen LogP contribution is -2.23. The number of carbonyl (C=O) groups is 2. The molecule has 40 heavy (non-hydrogen) atoms. The fraction of sp³-hybridized carbons (Fsp3) is 0.161. The molecule has 1 saturated heterocycles. The Morgan fingerprint density at radius 1 is 1.12 bits per heavy atom. The molecule has 4 rings (SSSR count). The molecule has 9 heteroatoms. The van der Waals surface area contributed by atoms with Crippen LogP contribution in [0.2, 0.25) is 0 Å². The van der Waals surface area contributed by atoms with Crippen LogP contribution in [-0.4, -0.2) is 43.2 Å². The number of allylic oxidation sites excluding steroid dienone is 1. The average molecular weight is 554 g/mol. The van der Waals surface area contributed by atoms with E-state index < -0.39 is 5.97 Å². The van der Waals surface area contributed by atoms with Crippen LogP contribution < -0.4 is 9.47 Å². The molecule has 1 amide bonds. The number of methoxy groups -OCH3 is 2. The maximum Gasteiger partial charge on any atom is 0.337 e. The summed E-state index contributed by atoms with van der Waals surface area (Å²) in [4.78, 5) is 31.3. The average Bonchev–Trinajstić information content (AvgIpc) is 3.23. The highest BCUT2D eigenvalue weighted by Crippen LogP contribution is 2.38. The highest BCUT2D eigenvalue weighted by Gasteiger charge is 2.30. The summed E-state index contributed by atoms with van der Waals surface area (Å²) in [6, 6.07) is 19.8. The zero-order valence-corrected chi connectivity index (χ0v) is 23.2. The first-order chi connectivity index (χ1) is 19.4. The van der Waals surface area contributed by atoms with Crippen molar-refractivity contribution in [2.45, 2.75) is 13.0 Å². The van der Waals surface area contributed by atoms with E-state index >= 15 is 0 Å². The first-order valence-corrected chi connectivity index (χ1v) is 13.1. The summed E-state index contributed by atoms with van der Waals surface area (Å²) < 4.78 is 16.5. The lowest BCUT2D eigenvalue weighted by Gasteiger charge is -2.16. The predicted molar refractivity (Wildman–Crippen MR) is 156 cm³/mol. The van der Waals surface area contributed by atoms with Gasteiger partial charge >= 0.3 is 5.97 Å². The molecule has 3 aromatic rings. The zero-order valence-electron chi connectivity index (χ0n) is 22.3. The summed E-state index contributed by atoms with van der Waals surface area (Å²) >= 11 is 1.25. The number of carbonyl (C=O) groups excluding carboxylic acids is 2. The number of aliphatic imine (C=N–C) groups is 1. The number of nitrogens with zero attached hydrogens (tertiary/aromatic N) is 3. The Morgan fingerprint density at radius 2 is 1.88 bits per heavy atom. The van der Waals surface area contributed by atoms with Crippen molar-refractivity contribution in [2.75, 3.05) is 21.3 Å². The Labute approximate surface area is 237 Å². The number of ether oxygens (including phenoxy) is 3. The third-order valence-electron chi connectivity index (χ3n) is 6.06. The van der Waals surface area contributed by atoms with E-state index in [-0.39, 0.29) is 12.5 Å². The quantitative estimate of drug-likeness (QED) is 0.185. The van der Waals surface area contributed by atoms with Crippen LogP contribution in [0, 0.1) is 11.3 Å². The molecule has 0 unspecified atom stereocenters. The van der Waals surface area contributed by atoms with Crippen LogP contribution in [0.4, 0.5) is 5.69 Å². The number of thioether (sulfide) groups is 1. The number of likely N-dealkylation sites (N-methyl/N-ethyl adjacent to an activating group) is 1. The summed E-state index contributed by atoms with van der Waals surface area (Å²) in [6.45, 7) is 4.06. The fourth-order valence-corrected chi connectivity index (χ4v) is 4.98. The van der Waals surface area contributed by atoms with Gasteiger partial charge in [0.05, 0.1) is 42.0 Å². The Hall–Kier alpha value is -4.81. The van der Waals surface area contributed by atoms with Gasteiger partial charge in [0.1, 0.15) is 6.61 Å². The normalized spacial score (nSPS) is 14.8. The van der Waals surface area contributed by atoms with Gasteiger partial charge in [-0.15, -0.1) is 6.58 Å². The summed E-state index contributed by atoms with van der Waals surface area (Å²) in [5.41, 5.74) is 3.92. The number of amidine groups is 1. The van der Waals surface area contributed by atoms with E-state index in [9.17, 15) is 14.9 Å². The van der Waals surface area contributed by atoms with Crippen molar-refractivity contribution in [1.29, 1.82) is 5.26 Å². The molecule has 202 valence electrons. The number of amides is 1. The van der Waals surface area contributed by atoms with Gasteiger partial charge in [-0.3, -0.25) is 9.69 Å². The van der Waals surface area contributed by atoms with Crippen molar-refractivity contribution < 1.29 is 23.8 Å². The molecule has 1 heterocycles. The Morgan fingerprint density at radius 3 is 2.55 bits per heavy atom. The van der Waals surface area contributed by atoms with E-state index in [0.717, 1.165) is 16.7 Å². The summed E-state index contributed by atoms with van der Waals surface area (Å²) in [5.74, 6) is 0.440. The van der Waals surface area contributed by atoms with Crippen molar-refractivity contribution in [3.63, 3.8) is 0 Å². The van der Waals surface area contributed by atoms with E-state index in [4.69, 9.17) is 14.2 Å². The molecule has 0 spiro atoms. The summed E-state index contributed by atoms with van der Waals surface area (Å²) in [6.07, 6.45) is 4.06. The second-order valence-electron chi connectivity index (χ2n) is 8.67. The molecule has 0 saturated carbocycles. The molecular formula is C31H27N3O5S. The smallest absolute Gasteiger partial charge is 0.337 e. The van der Waals surface area contributed by atoms with Crippen LogP contribution in [0.25, 0.3) is 6.08 Å². The predicted octanol–water partition coefficient (Wildman–Crippen LogP) is 5.89. The van der Waals surface area contributed by atoms with Gasteiger partial charge in [0.15, 0.2) is 16.7 Å². The van der Waals surface area contributed by atoms with Crippen molar-refractivity contribution in [3.8, 4) is 17.6 Å². The molecule has 3 aromatic carbocycles. The van der Waals surface area contributed by atoms with Gasteiger partial charge in [-0.25, -0.2) is 9.79 Å². The molecule has 1 aliphatic rings. The molecule has 0 atom stereocenters. The fourth-order valence-electron chi connectivity index (χ4n) is 4.00. The van der Waals surface area contributed by atoms with Gasteiger partial charge in [-0.2, -0.15) is 5.26 Å². The number of benzene rings is 3. The molecular weight excluding hydrogens is 526 g/mol. The highest BCUT2D eigenvalue weighted by molar-refractivity contribution is 8.18. The van der Waals surface area contributed by atoms with E-state index in [0.29, 0.717) is 44.8 Å². The maximum atomic E-state index is 13.0. The van der Waals surface area contributed by atoms with Crippen LogP contribution in [0.15, 0.2) is 83.2 Å². The Balaban J connectivity index is 1.61. The minimum atomic E-state index is -0.429. The molecule has 0 radical (unpaired) electrons. The van der Waals surface area contributed by atoms with E-state index in [1.54, 1.807) is 62.7 Å². The van der Waals surface area contributed by atoms with E-state index in [2.05, 4.69) is 17.6 Å². The molecule has 1 aliphatic heterocycles. The summed E-state index contributed by atoms with van der Waals surface area (Å²) in [7, 11) is 4.55. The number of hydrogen-bond acceptors (Lipinski definition) is 8. The molecule has 0 aromatic heterocycles. The van der Waals surface area contributed by atoms with Crippen LogP contribution in [0.3, 0.4) is 0 Å². The number of esters is 1. The van der Waals surface area contributed by atoms with Gasteiger partial charge in [0, 0.05) is 18.2 Å². The van der Waals surface area contributed by atoms with Crippen molar-refractivity contribution in [1.82, 2.24) is 4.90 Å². The zero-order chi connectivity index (χ0) is 28.6.